The summed E-state index contributed by atoms with van der Waals surface area (Å²) in [6, 6.07) is -1.17. The van der Waals surface area contributed by atoms with E-state index in [1.165, 1.54) is 19.1 Å². The van der Waals surface area contributed by atoms with E-state index in [0.717, 1.165) is 5.57 Å². The number of ketones is 1. The number of Topliss-reactive ketones (excluding diaryl/α,β-unsaturated/α-hetero) is 1. The molecule has 14 atom stereocenters. The third-order valence-corrected chi connectivity index (χ3v) is 13.3. The van der Waals surface area contributed by atoms with Gasteiger partial charge in [0.1, 0.15) is 18.2 Å². The maximum atomic E-state index is 14.5. The molecule has 3 aliphatic heterocycles. The first kappa shape index (κ1) is 53.1. The Bertz CT molecular complexity index is 1600. The molecular formula is C46H76N2O14. The number of aliphatic hydroxyl groups is 3. The average molecular weight is 881 g/mol. The zero-order chi connectivity index (χ0) is 45.2. The third kappa shape index (κ3) is 13.2. The van der Waals surface area contributed by atoms with E-state index in [0.29, 0.717) is 62.7 Å². The van der Waals surface area contributed by atoms with Crippen LogP contribution in [0, 0.1) is 29.6 Å². The summed E-state index contributed by atoms with van der Waals surface area (Å²) in [6.07, 6.45) is 3.44. The van der Waals surface area contributed by atoms with Crippen molar-refractivity contribution in [3.8, 4) is 0 Å². The van der Waals surface area contributed by atoms with Crippen LogP contribution < -0.4 is 0 Å². The number of aliphatic hydroxyl groups excluding tert-OH is 2. The van der Waals surface area contributed by atoms with Crippen LogP contribution in [0.4, 0.5) is 0 Å². The Kier molecular flexibility index (Phi) is 20.7. The molecule has 1 saturated carbocycles. The summed E-state index contributed by atoms with van der Waals surface area (Å²) in [5.74, 6) is -8.74. The Balaban J connectivity index is 0.0000102. The van der Waals surface area contributed by atoms with E-state index in [1.54, 1.807) is 21.0 Å². The van der Waals surface area contributed by atoms with Gasteiger partial charge in [0, 0.05) is 52.0 Å². The number of methoxy groups -OCH3 is 3. The van der Waals surface area contributed by atoms with Gasteiger partial charge in [0.2, 0.25) is 12.4 Å². The van der Waals surface area contributed by atoms with E-state index in [9.17, 15) is 39.6 Å². The van der Waals surface area contributed by atoms with Crippen LogP contribution in [-0.4, -0.2) is 144 Å². The van der Waals surface area contributed by atoms with Crippen molar-refractivity contribution in [1.82, 2.24) is 4.90 Å². The van der Waals surface area contributed by atoms with Crippen molar-refractivity contribution >= 4 is 29.3 Å². The predicted molar refractivity (Wildman–Crippen MR) is 231 cm³/mol. The number of hydrogen-bond donors (Lipinski definition) is 4. The number of piperidine rings is 1. The molecule has 0 unspecified atom stereocenters. The second kappa shape index (κ2) is 24.2. The number of nitrogens with zero attached hydrogens (tertiary/aromatic N) is 2. The van der Waals surface area contributed by atoms with E-state index in [-0.39, 0.29) is 57.1 Å². The lowest BCUT2D eigenvalue weighted by Gasteiger charge is -2.47. The standard InChI is InChI=1S/C45H72N2O14.CH4/c1-10-31-18-25(2)17-26(3)19-37(57-8)41-38(58-9)21-28(5)45(55,61-41)42(52)43(53)47-16-12-11-13-33(47)44(54)60-40(27(4)20-30-14-15-34(48)36(22-30)56-7)29(6)35(49)23-32(31)46-59-24-39(50)51;/h18,20,26,28-31,33-38,40-41,48-49,55H,10-17,19,21-24H2,1-9H3,(H,50,51);1H4/b25-18+,27-20+,46-32-;/t26-,28+,29+,30-,31+,33-,34+,35-,36+,37-,38-,40+,41+,45+;/m0./s1. The first-order valence-corrected chi connectivity index (χ1v) is 22.0. The molecule has 0 spiro atoms. The van der Waals surface area contributed by atoms with Gasteiger partial charge in [-0.25, -0.2) is 9.59 Å². The molecule has 4 aliphatic rings. The molecule has 0 aromatic carbocycles. The van der Waals surface area contributed by atoms with Gasteiger partial charge in [-0.15, -0.1) is 0 Å². The molecule has 3 fully saturated rings. The molecule has 4 rings (SSSR count). The Hall–Kier alpha value is -3.25. The number of rotatable bonds is 9. The number of carboxylic acids is 1. The first-order valence-electron chi connectivity index (χ1n) is 22.0. The third-order valence-electron chi connectivity index (χ3n) is 13.3. The molecule has 0 aromatic heterocycles. The van der Waals surface area contributed by atoms with E-state index < -0.39 is 90.5 Å². The highest BCUT2D eigenvalue weighted by atomic mass is 16.7. The normalized spacial score (nSPS) is 39.0. The number of carbonyl (C=O) groups is 4. The van der Waals surface area contributed by atoms with Gasteiger partial charge < -0.3 is 53.8 Å². The van der Waals surface area contributed by atoms with Crippen LogP contribution in [0.2, 0.25) is 0 Å². The topological polar surface area (TPSA) is 220 Å². The SMILES string of the molecule is C.CC[C@@H]1/C=C(\C)C[C@H](C)C[C@H](OC)[C@H]2O[C@@](O)(C(=O)C(=O)N3CCCC[C@H]3C(=O)O[C@H](/C(C)=C/[C@@H]3CC[C@@H](O)[C@H](OC)C3)[C@H](C)[C@@H](O)C/C1=N/OCC(=O)O)[C@H](C)C[C@@H]2OC. The minimum absolute atomic E-state index is 0. The molecule has 0 radical (unpaired) electrons. The number of hydrogen-bond acceptors (Lipinski definition) is 14. The molecule has 354 valence electrons. The quantitative estimate of drug-likeness (QED) is 0.104. The van der Waals surface area contributed by atoms with E-state index in [1.807, 2.05) is 39.8 Å². The maximum Gasteiger partial charge on any atom is 0.344 e. The van der Waals surface area contributed by atoms with Gasteiger partial charge in [0.25, 0.3) is 11.7 Å². The molecule has 16 heteroatoms. The van der Waals surface area contributed by atoms with Crippen molar-refractivity contribution in [3.63, 3.8) is 0 Å². The summed E-state index contributed by atoms with van der Waals surface area (Å²) in [4.78, 5) is 60.9. The van der Waals surface area contributed by atoms with E-state index in [2.05, 4.69) is 5.16 Å². The number of oxime groups is 1. The summed E-state index contributed by atoms with van der Waals surface area (Å²) in [5, 5.41) is 48.2. The number of amides is 1. The molecule has 16 nitrogen and oxygen atoms in total. The van der Waals surface area contributed by atoms with Crippen LogP contribution in [0.25, 0.3) is 0 Å². The molecule has 62 heavy (non-hydrogen) atoms. The zero-order valence-corrected chi connectivity index (χ0v) is 37.6. The molecular weight excluding hydrogens is 805 g/mol. The minimum atomic E-state index is -2.53. The molecule has 4 N–H and O–H groups in total. The lowest BCUT2D eigenvalue weighted by molar-refractivity contribution is -0.302. The highest BCUT2D eigenvalue weighted by molar-refractivity contribution is 6.39. The second-order valence-electron chi connectivity index (χ2n) is 17.9. The molecule has 1 aliphatic carbocycles. The van der Waals surface area contributed by atoms with Crippen LogP contribution in [0.3, 0.4) is 0 Å². The molecule has 0 aromatic rings. The lowest BCUT2D eigenvalue weighted by Crippen LogP contribution is -2.64. The summed E-state index contributed by atoms with van der Waals surface area (Å²) in [7, 11) is 4.59. The molecule has 2 bridgehead atoms. The fourth-order valence-corrected chi connectivity index (χ4v) is 9.69. The van der Waals surface area contributed by atoms with Crippen LogP contribution in [-0.2, 0) is 47.7 Å². The fourth-order valence-electron chi connectivity index (χ4n) is 9.69. The number of aliphatic carboxylic acids is 1. The van der Waals surface area contributed by atoms with Gasteiger partial charge >= 0.3 is 11.9 Å². The number of ether oxygens (including phenoxy) is 5. The Morgan fingerprint density at radius 2 is 1.61 bits per heavy atom. The summed E-state index contributed by atoms with van der Waals surface area (Å²) in [5.41, 5.74) is 2.05. The van der Waals surface area contributed by atoms with Crippen LogP contribution in [0.1, 0.15) is 120 Å². The predicted octanol–water partition coefficient (Wildman–Crippen LogP) is 5.00. The van der Waals surface area contributed by atoms with Crippen molar-refractivity contribution in [1.29, 1.82) is 0 Å². The Morgan fingerprint density at radius 3 is 2.24 bits per heavy atom. The van der Waals surface area contributed by atoms with Gasteiger partial charge in [0.15, 0.2) is 0 Å². The number of carboxylic acid groups (broad SMARTS) is 1. The summed E-state index contributed by atoms with van der Waals surface area (Å²) in [6.45, 7) is 10.5. The van der Waals surface area contributed by atoms with Crippen LogP contribution >= 0.6 is 0 Å². The monoisotopic (exact) mass is 881 g/mol. The van der Waals surface area contributed by atoms with Gasteiger partial charge in [-0.05, 0) is 95.5 Å². The van der Waals surface area contributed by atoms with Gasteiger partial charge in [-0.2, -0.15) is 0 Å². The Morgan fingerprint density at radius 1 is 0.952 bits per heavy atom. The lowest BCUT2D eigenvalue weighted by atomic mass is 9.81. The molecule has 3 heterocycles. The van der Waals surface area contributed by atoms with E-state index in [4.69, 9.17) is 28.5 Å². The van der Waals surface area contributed by atoms with Gasteiger partial charge in [0.05, 0.1) is 36.2 Å². The van der Waals surface area contributed by atoms with Crippen molar-refractivity contribution in [2.24, 2.45) is 34.7 Å². The van der Waals surface area contributed by atoms with Gasteiger partial charge in [-0.3, -0.25) is 9.59 Å². The number of fused-ring (bicyclic) bond motifs is 3. The highest BCUT2D eigenvalue weighted by Crippen LogP contribution is 2.39. The van der Waals surface area contributed by atoms with Crippen LogP contribution in [0.5, 0.6) is 0 Å². The maximum absolute atomic E-state index is 14.5. The highest BCUT2D eigenvalue weighted by Gasteiger charge is 2.56. The number of cyclic esters (lactones) is 1. The minimum Gasteiger partial charge on any atom is -0.479 e. The fraction of sp³-hybridized carbons (Fsp3) is 0.804. The Labute approximate surface area is 368 Å². The van der Waals surface area contributed by atoms with Gasteiger partial charge in [-0.1, -0.05) is 58.0 Å². The van der Waals surface area contributed by atoms with Crippen molar-refractivity contribution < 1.29 is 68.1 Å². The number of esters is 1. The smallest absolute Gasteiger partial charge is 0.344 e. The van der Waals surface area contributed by atoms with Crippen molar-refractivity contribution in [3.05, 3.63) is 23.3 Å². The zero-order valence-electron chi connectivity index (χ0n) is 37.6. The second-order valence-corrected chi connectivity index (χ2v) is 17.9. The average Bonchev–Trinajstić information content (AvgIpc) is 3.23. The largest absolute Gasteiger partial charge is 0.479 e. The number of carbonyl (C=O) groups excluding carboxylic acids is 3. The summed E-state index contributed by atoms with van der Waals surface area (Å²) < 4.78 is 29.9. The molecule has 2 saturated heterocycles. The van der Waals surface area contributed by atoms with Crippen molar-refractivity contribution in [2.75, 3.05) is 34.5 Å². The van der Waals surface area contributed by atoms with E-state index >= 15 is 0 Å². The summed E-state index contributed by atoms with van der Waals surface area (Å²) >= 11 is 0. The molecule has 1 amide bonds. The number of allylic oxidation sites excluding steroid dienone is 3. The van der Waals surface area contributed by atoms with Crippen LogP contribution in [0.15, 0.2) is 28.5 Å². The van der Waals surface area contributed by atoms with Crippen molar-refractivity contribution in [2.45, 2.75) is 174 Å². The first-order chi connectivity index (χ1) is 28.9.